The molecule has 1 aromatic rings. The number of carbonyl (C=O) groups excluding carboxylic acids is 2. The summed E-state index contributed by atoms with van der Waals surface area (Å²) in [6, 6.07) is 4.04. The van der Waals surface area contributed by atoms with Crippen LogP contribution in [0, 0.1) is 0 Å². The van der Waals surface area contributed by atoms with E-state index >= 15 is 0 Å². The van der Waals surface area contributed by atoms with Gasteiger partial charge in [0.1, 0.15) is 7.63 Å². The Morgan fingerprint density at radius 2 is 2.56 bits per heavy atom. The molecule has 2 heterocycles. The maximum Gasteiger partial charge on any atom is 0.222 e. The summed E-state index contributed by atoms with van der Waals surface area (Å²) >= 11 is 1.65. The average Bonchev–Trinajstić information content (AvgIpc) is 2.98. The Balaban J connectivity index is 1.77. The number of hydrogen-bond donors (Lipinski definition) is 0. The van der Waals surface area contributed by atoms with E-state index in [9.17, 15) is 9.59 Å². The predicted molar refractivity (Wildman–Crippen MR) is 69.4 cm³/mol. The van der Waals surface area contributed by atoms with Crippen LogP contribution in [0.2, 0.25) is 0 Å². The Hall–Kier alpha value is -1.20. The highest BCUT2D eigenvalue weighted by atomic mass is 32.1. The van der Waals surface area contributed by atoms with Crippen molar-refractivity contribution in [3.05, 3.63) is 22.4 Å². The number of aldehydes is 1. The van der Waals surface area contributed by atoms with Gasteiger partial charge >= 0.3 is 0 Å². The molecule has 0 bridgehead atoms. The number of nitrogens with zero attached hydrogens (tertiary/aromatic N) is 1. The summed E-state index contributed by atoms with van der Waals surface area (Å²) in [6.07, 6.45) is 0.764. The van der Waals surface area contributed by atoms with E-state index in [4.69, 9.17) is 6.11 Å². The van der Waals surface area contributed by atoms with Crippen LogP contribution in [0.25, 0.3) is 0 Å². The van der Waals surface area contributed by atoms with Crippen molar-refractivity contribution in [2.75, 3.05) is 13.2 Å². The largest absolute Gasteiger partial charge is 0.374 e. The number of likely N-dealkylation sites (tertiary alicyclic amines) is 1. The van der Waals surface area contributed by atoms with Crippen molar-refractivity contribution in [1.29, 1.82) is 0 Å². The van der Waals surface area contributed by atoms with E-state index in [0.717, 1.165) is 11.3 Å². The van der Waals surface area contributed by atoms with Crippen LogP contribution in [0.1, 0.15) is 25.5 Å². The van der Waals surface area contributed by atoms with E-state index in [1.165, 1.54) is 0 Å². The zero-order valence-electron chi connectivity index (χ0n) is 11.1. The first-order valence-electron chi connectivity index (χ1n) is 6.56. The molecule has 1 amide bonds. The lowest BCUT2D eigenvalue weighted by molar-refractivity contribution is -0.130. The Morgan fingerprint density at radius 1 is 1.67 bits per heavy atom. The lowest BCUT2D eigenvalue weighted by Crippen LogP contribution is -2.36. The fourth-order valence-electron chi connectivity index (χ4n) is 2.13. The van der Waals surface area contributed by atoms with Crippen molar-refractivity contribution in [3.63, 3.8) is 0 Å². The zero-order valence-corrected chi connectivity index (χ0v) is 10.9. The van der Waals surface area contributed by atoms with Crippen molar-refractivity contribution < 1.29 is 15.7 Å². The molecule has 0 aromatic carbocycles. The molecule has 98 valence electrons. The van der Waals surface area contributed by atoms with E-state index in [2.05, 4.69) is 0 Å². The van der Waals surface area contributed by atoms with Crippen LogP contribution < -0.4 is 0 Å². The van der Waals surface area contributed by atoms with E-state index in [0.29, 0.717) is 26.2 Å². The van der Waals surface area contributed by atoms with Gasteiger partial charge < -0.3 is 14.4 Å². The van der Waals surface area contributed by atoms with Crippen molar-refractivity contribution in [3.8, 4) is 0 Å². The monoisotopic (exact) mass is 268 g/mol. The molecule has 0 radical (unpaired) electrons. The van der Waals surface area contributed by atoms with E-state index in [1.807, 2.05) is 17.5 Å². The lowest BCUT2D eigenvalue weighted by atomic mass is 10.2. The topological polar surface area (TPSA) is 46.6 Å². The van der Waals surface area contributed by atoms with Gasteiger partial charge in [-0.05, 0) is 17.9 Å². The summed E-state index contributed by atoms with van der Waals surface area (Å²) in [5.74, 6) is 0.0611. The van der Waals surface area contributed by atoms with Gasteiger partial charge in [0.15, 0.2) is 0 Å². The molecule has 0 saturated carbocycles. The first kappa shape index (κ1) is 11.9. The second-order valence-corrected chi connectivity index (χ2v) is 5.30. The van der Waals surface area contributed by atoms with Gasteiger partial charge in [-0.1, -0.05) is 6.07 Å². The molecule has 1 unspecified atom stereocenters. The molecule has 1 fully saturated rings. The predicted octanol–water partition coefficient (Wildman–Crippen LogP) is 1.84. The molecule has 2 rings (SSSR count). The zero-order chi connectivity index (χ0) is 13.7. The van der Waals surface area contributed by atoms with Crippen molar-refractivity contribution in [2.45, 2.75) is 31.9 Å². The normalized spacial score (nSPS) is 20.2. The van der Waals surface area contributed by atoms with Crippen molar-refractivity contribution >= 4 is 23.5 Å². The summed E-state index contributed by atoms with van der Waals surface area (Å²) in [6.45, 7) is 1.40. The minimum Gasteiger partial charge on any atom is -0.374 e. The fraction of sp³-hybridized carbons (Fsp3) is 0.538. The number of amides is 1. The van der Waals surface area contributed by atoms with Gasteiger partial charge in [-0.2, -0.15) is 0 Å². The second-order valence-electron chi connectivity index (χ2n) is 4.27. The molecular weight excluding hydrogens is 250 g/mol. The number of ether oxygens (including phenoxy) is 1. The Labute approximate surface area is 112 Å². The maximum atomic E-state index is 11.7. The van der Waals surface area contributed by atoms with E-state index in [-0.39, 0.29) is 18.4 Å². The highest BCUT2D eigenvalue weighted by Crippen LogP contribution is 2.20. The van der Waals surface area contributed by atoms with Gasteiger partial charge in [-0.25, -0.2) is 0 Å². The van der Waals surface area contributed by atoms with E-state index < -0.39 is 6.26 Å². The van der Waals surface area contributed by atoms with Gasteiger partial charge in [-0.3, -0.25) is 4.79 Å². The highest BCUT2D eigenvalue weighted by molar-refractivity contribution is 7.09. The summed E-state index contributed by atoms with van der Waals surface area (Å²) in [5, 5.41) is 2.00. The molecule has 0 spiro atoms. The number of carbonyl (C=O) groups is 2. The third-order valence-corrected chi connectivity index (χ3v) is 3.89. The first-order chi connectivity index (χ1) is 9.16. The van der Waals surface area contributed by atoms with Gasteiger partial charge in [-0.15, -0.1) is 11.3 Å². The first-order valence-corrected chi connectivity index (χ1v) is 6.94. The molecule has 18 heavy (non-hydrogen) atoms. The lowest BCUT2D eigenvalue weighted by Gasteiger charge is -2.23. The minimum absolute atomic E-state index is 0.0480. The quantitative estimate of drug-likeness (QED) is 0.709. The van der Waals surface area contributed by atoms with E-state index in [1.54, 1.807) is 16.2 Å². The van der Waals surface area contributed by atoms with Crippen molar-refractivity contribution in [2.24, 2.45) is 0 Å². The van der Waals surface area contributed by atoms with Crippen LogP contribution >= 0.6 is 11.3 Å². The summed E-state index contributed by atoms with van der Waals surface area (Å²) in [4.78, 5) is 25.2. The molecular formula is C13H17NO3S. The van der Waals surface area contributed by atoms with Crippen molar-refractivity contribution in [1.82, 2.24) is 4.90 Å². The van der Waals surface area contributed by atoms with Crippen LogP contribution in [0.4, 0.5) is 0 Å². The second kappa shape index (κ2) is 6.66. The molecule has 1 aliphatic rings. The number of thiophene rings is 1. The molecule has 1 aromatic heterocycles. The number of hydrogen-bond acceptors (Lipinski definition) is 4. The molecule has 1 aliphatic heterocycles. The third-order valence-electron chi connectivity index (χ3n) is 3.04. The summed E-state index contributed by atoms with van der Waals surface area (Å²) in [7, 11) is 0. The van der Waals surface area contributed by atoms with Gasteiger partial charge in [0.05, 0.1) is 19.3 Å². The SMILES string of the molecule is [2H]C(=O)CCN1C(=O)CCC1COCc1cccs1. The summed E-state index contributed by atoms with van der Waals surface area (Å²) in [5.41, 5.74) is 0. The van der Waals surface area contributed by atoms with Gasteiger partial charge in [0.2, 0.25) is 5.91 Å². The molecule has 1 saturated heterocycles. The maximum absolute atomic E-state index is 11.7. The smallest absolute Gasteiger partial charge is 0.222 e. The standard InChI is InChI=1S/C13H17NO3S/c15-7-2-6-14-11(4-5-13(14)16)9-17-10-12-3-1-8-18-12/h1,3,7-8,11H,2,4-6,9-10H2/i7D. The van der Waals surface area contributed by atoms with Crippen LogP contribution in [0.15, 0.2) is 17.5 Å². The molecule has 4 nitrogen and oxygen atoms in total. The third kappa shape index (κ3) is 3.40. The van der Waals surface area contributed by atoms with Crippen LogP contribution in [-0.4, -0.2) is 36.3 Å². The Bertz CT molecular complexity index is 435. The molecule has 0 aliphatic carbocycles. The molecule has 0 N–H and O–H groups in total. The van der Waals surface area contributed by atoms with Gasteiger partial charge in [0, 0.05) is 24.3 Å². The molecule has 5 heteroatoms. The van der Waals surface area contributed by atoms with Crippen LogP contribution in [-0.2, 0) is 20.9 Å². The number of rotatable bonds is 7. The fourth-order valence-corrected chi connectivity index (χ4v) is 2.77. The summed E-state index contributed by atoms with van der Waals surface area (Å²) < 4.78 is 12.5. The van der Waals surface area contributed by atoms with Gasteiger partial charge in [0.25, 0.3) is 0 Å². The van der Waals surface area contributed by atoms with Crippen LogP contribution in [0.3, 0.4) is 0 Å². The van der Waals surface area contributed by atoms with Crippen LogP contribution in [0.5, 0.6) is 0 Å². The Kier molecular flexibility index (Phi) is 4.39. The Morgan fingerprint density at radius 3 is 3.28 bits per heavy atom. The average molecular weight is 268 g/mol. The molecule has 1 atom stereocenters. The highest BCUT2D eigenvalue weighted by Gasteiger charge is 2.30. The minimum atomic E-state index is -0.627.